The number of methoxy groups -OCH3 is 1. The van der Waals surface area contributed by atoms with E-state index in [1.807, 2.05) is 4.90 Å². The summed E-state index contributed by atoms with van der Waals surface area (Å²) in [5, 5.41) is 12.2. The van der Waals surface area contributed by atoms with Crippen molar-refractivity contribution in [1.29, 1.82) is 0 Å². The lowest BCUT2D eigenvalue weighted by molar-refractivity contribution is 0.102. The van der Waals surface area contributed by atoms with E-state index < -0.39 is 17.5 Å². The number of phenols is 1. The number of aromatic hydroxyl groups is 1. The first-order chi connectivity index (χ1) is 13.9. The molecule has 29 heavy (non-hydrogen) atoms. The third-order valence-corrected chi connectivity index (χ3v) is 4.73. The van der Waals surface area contributed by atoms with Gasteiger partial charge in [0.25, 0.3) is 5.91 Å². The monoisotopic (exact) mass is 397 g/mol. The molecular weight excluding hydrogens is 380 g/mol. The molecule has 2 aromatic carbocycles. The average Bonchev–Trinajstić information content (AvgIpc) is 3.13. The third-order valence-electron chi connectivity index (χ3n) is 4.73. The van der Waals surface area contributed by atoms with E-state index in [1.165, 1.54) is 31.5 Å². The molecule has 4 rings (SSSR count). The molecular formula is C21H17F2N3O3. The summed E-state index contributed by atoms with van der Waals surface area (Å²) in [5.74, 6) is -1.88. The zero-order valence-electron chi connectivity index (χ0n) is 15.4. The van der Waals surface area contributed by atoms with Crippen LogP contribution < -0.4 is 15.0 Å². The molecule has 1 aliphatic rings. The highest BCUT2D eigenvalue weighted by Gasteiger charge is 2.21. The molecule has 1 amide bonds. The highest BCUT2D eigenvalue weighted by molar-refractivity contribution is 6.04. The van der Waals surface area contributed by atoms with E-state index in [0.29, 0.717) is 24.6 Å². The quantitative estimate of drug-likeness (QED) is 0.700. The summed E-state index contributed by atoms with van der Waals surface area (Å²) in [6, 6.07) is 10.3. The van der Waals surface area contributed by atoms with Gasteiger partial charge in [-0.15, -0.1) is 0 Å². The summed E-state index contributed by atoms with van der Waals surface area (Å²) in [6.07, 6.45) is 1.49. The molecule has 0 bridgehead atoms. The van der Waals surface area contributed by atoms with Gasteiger partial charge in [-0.1, -0.05) is 6.07 Å². The number of benzene rings is 2. The molecule has 2 heterocycles. The van der Waals surface area contributed by atoms with Crippen molar-refractivity contribution in [3.8, 4) is 11.5 Å². The molecule has 1 aromatic heterocycles. The van der Waals surface area contributed by atoms with Crippen LogP contribution in [0, 0.1) is 11.6 Å². The summed E-state index contributed by atoms with van der Waals surface area (Å²) < 4.78 is 32.0. The Morgan fingerprint density at radius 3 is 2.66 bits per heavy atom. The Kier molecular flexibility index (Phi) is 4.75. The fourth-order valence-electron chi connectivity index (χ4n) is 3.24. The van der Waals surface area contributed by atoms with Gasteiger partial charge in [-0.25, -0.2) is 13.8 Å². The van der Waals surface area contributed by atoms with Crippen molar-refractivity contribution in [2.45, 2.75) is 13.1 Å². The highest BCUT2D eigenvalue weighted by Crippen LogP contribution is 2.31. The fourth-order valence-corrected chi connectivity index (χ4v) is 3.24. The second-order valence-corrected chi connectivity index (χ2v) is 6.64. The molecule has 2 N–H and O–H groups in total. The maximum absolute atomic E-state index is 13.7. The zero-order valence-corrected chi connectivity index (χ0v) is 15.4. The van der Waals surface area contributed by atoms with Crippen molar-refractivity contribution in [2.75, 3.05) is 17.3 Å². The van der Waals surface area contributed by atoms with Crippen LogP contribution in [-0.4, -0.2) is 23.1 Å². The Hall–Kier alpha value is -3.68. The normalized spacial score (nSPS) is 12.6. The Morgan fingerprint density at radius 2 is 1.93 bits per heavy atom. The van der Waals surface area contributed by atoms with Crippen LogP contribution in [0.2, 0.25) is 0 Å². The number of aromatic nitrogens is 1. The number of carbonyl (C=O) groups is 1. The Balaban J connectivity index is 1.46. The number of pyridine rings is 1. The Bertz CT molecular complexity index is 1090. The lowest BCUT2D eigenvalue weighted by Crippen LogP contribution is -2.16. The van der Waals surface area contributed by atoms with Crippen LogP contribution in [-0.2, 0) is 13.1 Å². The minimum absolute atomic E-state index is 0.00162. The first-order valence-electron chi connectivity index (χ1n) is 8.81. The smallest absolute Gasteiger partial charge is 0.255 e. The topological polar surface area (TPSA) is 74.7 Å². The van der Waals surface area contributed by atoms with Gasteiger partial charge in [-0.05, 0) is 47.5 Å². The average molecular weight is 397 g/mol. The minimum Gasteiger partial charge on any atom is -0.502 e. The first-order valence-corrected chi connectivity index (χ1v) is 8.81. The van der Waals surface area contributed by atoms with Crippen molar-refractivity contribution in [2.24, 2.45) is 0 Å². The zero-order chi connectivity index (χ0) is 20.5. The van der Waals surface area contributed by atoms with Crippen molar-refractivity contribution < 1.29 is 23.4 Å². The summed E-state index contributed by atoms with van der Waals surface area (Å²) >= 11 is 0. The van der Waals surface area contributed by atoms with E-state index in [1.54, 1.807) is 18.2 Å². The number of rotatable bonds is 4. The molecule has 0 atom stereocenters. The van der Waals surface area contributed by atoms with Gasteiger partial charge in [0.1, 0.15) is 11.6 Å². The maximum atomic E-state index is 13.7. The Labute approximate surface area is 165 Å². The minimum atomic E-state index is -0.951. The van der Waals surface area contributed by atoms with Crippen LogP contribution in [0.5, 0.6) is 11.5 Å². The van der Waals surface area contributed by atoms with Gasteiger partial charge in [0.2, 0.25) is 0 Å². The molecule has 148 valence electrons. The van der Waals surface area contributed by atoms with E-state index in [9.17, 15) is 18.7 Å². The Morgan fingerprint density at radius 1 is 1.14 bits per heavy atom. The number of ether oxygens (including phenoxy) is 1. The van der Waals surface area contributed by atoms with Gasteiger partial charge in [0.15, 0.2) is 17.3 Å². The van der Waals surface area contributed by atoms with Crippen molar-refractivity contribution in [3.63, 3.8) is 0 Å². The summed E-state index contributed by atoms with van der Waals surface area (Å²) in [7, 11) is 1.27. The lowest BCUT2D eigenvalue weighted by Gasteiger charge is -2.16. The molecule has 8 heteroatoms. The van der Waals surface area contributed by atoms with E-state index in [-0.39, 0.29) is 17.1 Å². The van der Waals surface area contributed by atoms with Crippen LogP contribution in [0.1, 0.15) is 21.5 Å². The lowest BCUT2D eigenvalue weighted by atomic mass is 10.1. The molecule has 0 aliphatic carbocycles. The third kappa shape index (κ3) is 3.69. The largest absolute Gasteiger partial charge is 0.502 e. The molecule has 0 spiro atoms. The van der Waals surface area contributed by atoms with Crippen LogP contribution in [0.15, 0.2) is 48.7 Å². The van der Waals surface area contributed by atoms with E-state index in [2.05, 4.69) is 10.3 Å². The van der Waals surface area contributed by atoms with E-state index in [4.69, 9.17) is 4.74 Å². The molecule has 3 aromatic rings. The summed E-state index contributed by atoms with van der Waals surface area (Å²) in [5.41, 5.74) is 2.40. The number of hydrogen-bond donors (Lipinski definition) is 2. The van der Waals surface area contributed by atoms with Crippen LogP contribution in [0.25, 0.3) is 0 Å². The maximum Gasteiger partial charge on any atom is 0.255 e. The van der Waals surface area contributed by atoms with Gasteiger partial charge in [0, 0.05) is 18.7 Å². The molecule has 0 radical (unpaired) electrons. The summed E-state index contributed by atoms with van der Waals surface area (Å²) in [4.78, 5) is 18.7. The predicted molar refractivity (Wildman–Crippen MR) is 103 cm³/mol. The van der Waals surface area contributed by atoms with E-state index >= 15 is 0 Å². The van der Waals surface area contributed by atoms with Gasteiger partial charge >= 0.3 is 0 Å². The first kappa shape index (κ1) is 18.7. The number of halogens is 2. The van der Waals surface area contributed by atoms with Crippen molar-refractivity contribution >= 4 is 17.4 Å². The van der Waals surface area contributed by atoms with Crippen molar-refractivity contribution in [3.05, 3.63) is 77.0 Å². The highest BCUT2D eigenvalue weighted by atomic mass is 19.1. The number of fused-ring (bicyclic) bond motifs is 1. The van der Waals surface area contributed by atoms with Gasteiger partial charge < -0.3 is 20.1 Å². The molecule has 0 fully saturated rings. The molecule has 1 aliphatic heterocycles. The number of carbonyl (C=O) groups excluding carboxylic acids is 1. The second kappa shape index (κ2) is 7.38. The SMILES string of the molecule is COc1cc(C(=O)Nc2ccc(N3Cc4ccc(F)cc4C3)nc2)cc(F)c1O. The number of anilines is 2. The second-order valence-electron chi connectivity index (χ2n) is 6.64. The molecule has 0 saturated heterocycles. The van der Waals surface area contributed by atoms with Gasteiger partial charge in [-0.2, -0.15) is 0 Å². The van der Waals surface area contributed by atoms with Crippen LogP contribution in [0.4, 0.5) is 20.3 Å². The predicted octanol–water partition coefficient (Wildman–Crippen LogP) is 3.85. The van der Waals surface area contributed by atoms with Crippen molar-refractivity contribution in [1.82, 2.24) is 4.98 Å². The van der Waals surface area contributed by atoms with Crippen LogP contribution in [0.3, 0.4) is 0 Å². The van der Waals surface area contributed by atoms with E-state index in [0.717, 1.165) is 17.2 Å². The summed E-state index contributed by atoms with van der Waals surface area (Å²) in [6.45, 7) is 1.18. The molecule has 6 nitrogen and oxygen atoms in total. The van der Waals surface area contributed by atoms with Crippen LogP contribution >= 0.6 is 0 Å². The number of nitrogens with one attached hydrogen (secondary N) is 1. The number of nitrogens with zero attached hydrogens (tertiary/aromatic N) is 2. The van der Waals surface area contributed by atoms with Gasteiger partial charge in [-0.3, -0.25) is 4.79 Å². The number of phenolic OH excluding ortho intramolecular Hbond substituents is 1. The fraction of sp³-hybridized carbons (Fsp3) is 0.143. The standard InChI is InChI=1S/C21H17F2N3O3/c1-29-18-8-13(7-17(23)20(18)27)21(28)25-16-4-5-19(24-9-16)26-10-12-2-3-15(22)6-14(12)11-26/h2-9,27H,10-11H2,1H3,(H,25,28). The number of amides is 1. The van der Waals surface area contributed by atoms with Gasteiger partial charge in [0.05, 0.1) is 19.0 Å². The molecule has 0 unspecified atom stereocenters. The molecule has 0 saturated carbocycles. The number of hydrogen-bond acceptors (Lipinski definition) is 5.